The molecule has 1 N–H and O–H groups in total. The SMILES string of the molecule is CC1(O)C=C(C(C)(C)C)SC(C(C)(C)C)=C1. The molecule has 0 aliphatic carbocycles. The van der Waals surface area contributed by atoms with E-state index in [0.29, 0.717) is 0 Å². The van der Waals surface area contributed by atoms with Crippen LogP contribution in [0.3, 0.4) is 0 Å². The molecular formula is C14H24OS. The average molecular weight is 240 g/mol. The molecule has 1 aliphatic heterocycles. The number of hydrogen-bond acceptors (Lipinski definition) is 2. The normalized spacial score (nSPS) is 21.5. The predicted molar refractivity (Wildman–Crippen MR) is 73.3 cm³/mol. The molecule has 0 unspecified atom stereocenters. The molecule has 2 heteroatoms. The molecule has 0 aromatic rings. The average Bonchev–Trinajstić information content (AvgIpc) is 1.97. The Morgan fingerprint density at radius 3 is 1.50 bits per heavy atom. The summed E-state index contributed by atoms with van der Waals surface area (Å²) in [7, 11) is 0. The van der Waals surface area contributed by atoms with E-state index in [2.05, 4.69) is 41.5 Å². The van der Waals surface area contributed by atoms with Gasteiger partial charge in [-0.1, -0.05) is 53.3 Å². The van der Waals surface area contributed by atoms with Gasteiger partial charge in [0.1, 0.15) is 5.60 Å². The molecule has 0 amide bonds. The molecule has 16 heavy (non-hydrogen) atoms. The minimum Gasteiger partial charge on any atom is -0.382 e. The molecule has 0 spiro atoms. The highest BCUT2D eigenvalue weighted by molar-refractivity contribution is 8.06. The molecule has 0 saturated heterocycles. The molecule has 0 radical (unpaired) electrons. The number of thioether (sulfide) groups is 1. The summed E-state index contributed by atoms with van der Waals surface area (Å²) >= 11 is 1.81. The fourth-order valence-electron chi connectivity index (χ4n) is 1.49. The first kappa shape index (κ1) is 13.9. The molecule has 1 aliphatic rings. The lowest BCUT2D eigenvalue weighted by Crippen LogP contribution is -2.26. The number of hydrogen-bond donors (Lipinski definition) is 1. The molecule has 0 saturated carbocycles. The second-order valence-corrected chi connectivity index (χ2v) is 7.93. The quantitative estimate of drug-likeness (QED) is 0.679. The Hall–Kier alpha value is -0.210. The van der Waals surface area contributed by atoms with Gasteiger partial charge in [0.15, 0.2) is 0 Å². The van der Waals surface area contributed by atoms with Crippen LogP contribution in [0.25, 0.3) is 0 Å². The van der Waals surface area contributed by atoms with Crippen molar-refractivity contribution >= 4 is 11.8 Å². The minimum atomic E-state index is -0.809. The Bertz CT molecular complexity index is 303. The largest absolute Gasteiger partial charge is 0.382 e. The van der Waals surface area contributed by atoms with Crippen molar-refractivity contribution in [2.45, 2.75) is 54.1 Å². The summed E-state index contributed by atoms with van der Waals surface area (Å²) in [4.78, 5) is 2.51. The Balaban J connectivity index is 3.11. The van der Waals surface area contributed by atoms with Gasteiger partial charge in [-0.3, -0.25) is 0 Å². The van der Waals surface area contributed by atoms with E-state index in [4.69, 9.17) is 0 Å². The van der Waals surface area contributed by atoms with Crippen molar-refractivity contribution < 1.29 is 5.11 Å². The lowest BCUT2D eigenvalue weighted by molar-refractivity contribution is 0.160. The van der Waals surface area contributed by atoms with Gasteiger partial charge in [0.2, 0.25) is 0 Å². The van der Waals surface area contributed by atoms with Gasteiger partial charge >= 0.3 is 0 Å². The van der Waals surface area contributed by atoms with Crippen molar-refractivity contribution in [3.05, 3.63) is 22.0 Å². The molecule has 0 atom stereocenters. The highest BCUT2D eigenvalue weighted by Crippen LogP contribution is 2.49. The van der Waals surface area contributed by atoms with E-state index in [1.54, 1.807) is 0 Å². The number of aliphatic hydroxyl groups is 1. The van der Waals surface area contributed by atoms with E-state index in [1.807, 2.05) is 30.8 Å². The number of allylic oxidation sites excluding steroid dienone is 2. The summed E-state index contributed by atoms with van der Waals surface area (Å²) in [5, 5.41) is 10.3. The van der Waals surface area contributed by atoms with Crippen molar-refractivity contribution in [3.63, 3.8) is 0 Å². The first-order valence-electron chi connectivity index (χ1n) is 5.79. The third-order valence-corrected chi connectivity index (χ3v) is 4.45. The standard InChI is InChI=1S/C14H24OS/c1-12(2,3)10-8-14(7,15)9-11(16-10)13(4,5)6/h8-9,15H,1-7H3. The molecule has 92 valence electrons. The van der Waals surface area contributed by atoms with E-state index in [-0.39, 0.29) is 10.8 Å². The Kier molecular flexibility index (Phi) is 3.39. The summed E-state index contributed by atoms with van der Waals surface area (Å²) < 4.78 is 0. The van der Waals surface area contributed by atoms with Crippen molar-refractivity contribution in [3.8, 4) is 0 Å². The molecule has 0 bridgehead atoms. The zero-order chi connectivity index (χ0) is 12.8. The molecule has 0 aromatic heterocycles. The van der Waals surface area contributed by atoms with Crippen LogP contribution in [0.1, 0.15) is 48.5 Å². The van der Waals surface area contributed by atoms with Gasteiger partial charge in [-0.15, -0.1) is 0 Å². The van der Waals surface area contributed by atoms with Crippen molar-refractivity contribution in [2.75, 3.05) is 0 Å². The van der Waals surface area contributed by atoms with E-state index in [9.17, 15) is 5.11 Å². The van der Waals surface area contributed by atoms with E-state index in [1.165, 1.54) is 9.81 Å². The lowest BCUT2D eigenvalue weighted by atomic mass is 9.89. The van der Waals surface area contributed by atoms with Crippen LogP contribution in [0.15, 0.2) is 22.0 Å². The maximum Gasteiger partial charge on any atom is 0.100 e. The zero-order valence-corrected chi connectivity index (χ0v) is 12.3. The maximum atomic E-state index is 10.3. The van der Waals surface area contributed by atoms with Crippen LogP contribution in [-0.4, -0.2) is 10.7 Å². The van der Waals surface area contributed by atoms with Crippen molar-refractivity contribution in [2.24, 2.45) is 10.8 Å². The third-order valence-electron chi connectivity index (χ3n) is 2.54. The van der Waals surface area contributed by atoms with Gasteiger partial charge in [0.25, 0.3) is 0 Å². The fourth-order valence-corrected chi connectivity index (χ4v) is 2.93. The Morgan fingerprint density at radius 2 is 1.25 bits per heavy atom. The van der Waals surface area contributed by atoms with Gasteiger partial charge in [-0.2, -0.15) is 0 Å². The van der Waals surface area contributed by atoms with Gasteiger partial charge < -0.3 is 5.11 Å². The van der Waals surface area contributed by atoms with Crippen LogP contribution in [0.5, 0.6) is 0 Å². The third kappa shape index (κ3) is 3.39. The summed E-state index contributed by atoms with van der Waals surface area (Å²) in [5.41, 5.74) is -0.616. The zero-order valence-electron chi connectivity index (χ0n) is 11.5. The van der Waals surface area contributed by atoms with E-state index >= 15 is 0 Å². The van der Waals surface area contributed by atoms with Gasteiger partial charge in [-0.25, -0.2) is 0 Å². The first-order valence-corrected chi connectivity index (χ1v) is 6.60. The molecule has 1 rings (SSSR count). The fraction of sp³-hybridized carbons (Fsp3) is 0.714. The van der Waals surface area contributed by atoms with E-state index in [0.717, 1.165) is 0 Å². The van der Waals surface area contributed by atoms with Crippen molar-refractivity contribution in [1.82, 2.24) is 0 Å². The van der Waals surface area contributed by atoms with Crippen LogP contribution in [0.2, 0.25) is 0 Å². The number of rotatable bonds is 0. The summed E-state index contributed by atoms with van der Waals surface area (Å²) in [6.45, 7) is 15.0. The van der Waals surface area contributed by atoms with Crippen molar-refractivity contribution in [1.29, 1.82) is 0 Å². The topological polar surface area (TPSA) is 20.2 Å². The molecule has 1 nitrogen and oxygen atoms in total. The second kappa shape index (κ2) is 3.92. The van der Waals surface area contributed by atoms with Crippen LogP contribution in [-0.2, 0) is 0 Å². The Morgan fingerprint density at radius 1 is 0.938 bits per heavy atom. The molecule has 0 aromatic carbocycles. The smallest absolute Gasteiger partial charge is 0.100 e. The molecule has 1 heterocycles. The Labute approximate surface area is 104 Å². The van der Waals surface area contributed by atoms with Crippen LogP contribution in [0.4, 0.5) is 0 Å². The first-order chi connectivity index (χ1) is 6.92. The minimum absolute atomic E-state index is 0.0966. The summed E-state index contributed by atoms with van der Waals surface area (Å²) in [6, 6.07) is 0. The van der Waals surface area contributed by atoms with Crippen LogP contribution in [0, 0.1) is 10.8 Å². The summed E-state index contributed by atoms with van der Waals surface area (Å²) in [6.07, 6.45) is 3.96. The van der Waals surface area contributed by atoms with Gasteiger partial charge in [0, 0.05) is 0 Å². The summed E-state index contributed by atoms with van der Waals surface area (Å²) in [5.74, 6) is 0. The highest BCUT2D eigenvalue weighted by atomic mass is 32.2. The van der Waals surface area contributed by atoms with Crippen LogP contribution >= 0.6 is 11.8 Å². The monoisotopic (exact) mass is 240 g/mol. The van der Waals surface area contributed by atoms with E-state index < -0.39 is 5.60 Å². The maximum absolute atomic E-state index is 10.3. The molecular weight excluding hydrogens is 216 g/mol. The van der Waals surface area contributed by atoms with Gasteiger partial charge in [0.05, 0.1) is 0 Å². The van der Waals surface area contributed by atoms with Gasteiger partial charge in [-0.05, 0) is 39.7 Å². The second-order valence-electron chi connectivity index (χ2n) is 6.85. The van der Waals surface area contributed by atoms with Crippen LogP contribution < -0.4 is 0 Å². The molecule has 0 fully saturated rings. The predicted octanol–water partition coefficient (Wildman–Crippen LogP) is 4.34. The lowest BCUT2D eigenvalue weighted by Gasteiger charge is -2.35. The highest BCUT2D eigenvalue weighted by Gasteiger charge is 2.32.